The van der Waals surface area contributed by atoms with Crippen molar-refractivity contribution in [3.8, 4) is 11.3 Å². The molecule has 1 heterocycles. The summed E-state index contributed by atoms with van der Waals surface area (Å²) in [5.74, 6) is 0.0179. The normalized spacial score (nSPS) is 10.5. The van der Waals surface area contributed by atoms with Crippen LogP contribution in [0, 0.1) is 26.6 Å². The predicted octanol–water partition coefficient (Wildman–Crippen LogP) is 3.25. The number of nitrogens with one attached hydrogen (secondary N) is 1. The Kier molecular flexibility index (Phi) is 3.28. The van der Waals surface area contributed by atoms with Crippen LogP contribution in [-0.2, 0) is 0 Å². The quantitative estimate of drug-likeness (QED) is 0.882. The predicted molar refractivity (Wildman–Crippen MR) is 71.2 cm³/mol. The van der Waals surface area contributed by atoms with E-state index >= 15 is 0 Å². The van der Waals surface area contributed by atoms with Gasteiger partial charge in [0.25, 0.3) is 0 Å². The van der Waals surface area contributed by atoms with Crippen LogP contribution in [0.25, 0.3) is 11.3 Å². The molecule has 0 radical (unpaired) electrons. The number of rotatable bonds is 2. The number of halogens is 1. The Morgan fingerprint density at radius 2 is 1.72 bits per heavy atom. The number of hydrogen-bond acceptors (Lipinski definition) is 3. The molecule has 0 spiro atoms. The summed E-state index contributed by atoms with van der Waals surface area (Å²) in [6.45, 7) is 6.01. The van der Waals surface area contributed by atoms with Crippen LogP contribution in [0.15, 0.2) is 18.3 Å². The van der Waals surface area contributed by atoms with E-state index in [1.165, 1.54) is 11.8 Å². The van der Waals surface area contributed by atoms with E-state index in [2.05, 4.69) is 15.3 Å². The van der Waals surface area contributed by atoms with Crippen LogP contribution in [0.1, 0.15) is 16.7 Å². The number of hydrogen-bond donors (Lipinski definition) is 1. The fourth-order valence-electron chi connectivity index (χ4n) is 1.89. The van der Waals surface area contributed by atoms with Crippen molar-refractivity contribution >= 4 is 5.95 Å². The highest BCUT2D eigenvalue weighted by Crippen LogP contribution is 2.27. The highest BCUT2D eigenvalue weighted by atomic mass is 19.1. The van der Waals surface area contributed by atoms with Crippen molar-refractivity contribution in [2.24, 2.45) is 0 Å². The highest BCUT2D eigenvalue weighted by Gasteiger charge is 2.12. The van der Waals surface area contributed by atoms with Crippen LogP contribution in [0.2, 0.25) is 0 Å². The maximum absolute atomic E-state index is 13.9. The number of benzene rings is 1. The van der Waals surface area contributed by atoms with Crippen LogP contribution in [-0.4, -0.2) is 17.0 Å². The number of anilines is 1. The first-order valence-electron chi connectivity index (χ1n) is 5.81. The summed E-state index contributed by atoms with van der Waals surface area (Å²) in [4.78, 5) is 8.05. The molecule has 1 aromatic carbocycles. The zero-order chi connectivity index (χ0) is 13.3. The molecule has 0 aliphatic rings. The molecule has 0 saturated heterocycles. The second-order valence-corrected chi connectivity index (χ2v) is 4.39. The Labute approximate surface area is 106 Å². The van der Waals surface area contributed by atoms with Crippen molar-refractivity contribution in [2.75, 3.05) is 12.4 Å². The Balaban J connectivity index is 2.64. The van der Waals surface area contributed by atoms with Crippen molar-refractivity contribution < 1.29 is 4.39 Å². The van der Waals surface area contributed by atoms with Crippen LogP contribution in [0.5, 0.6) is 0 Å². The standard InChI is InChI=1S/C14H16FN3/c1-8-5-10(3)11(6-9(8)2)13-12(15)7-17-14(16-4)18-13/h5-7H,1-4H3,(H,16,17,18). The molecule has 0 unspecified atom stereocenters. The summed E-state index contributed by atoms with van der Waals surface area (Å²) in [5, 5.41) is 2.82. The SMILES string of the molecule is CNc1ncc(F)c(-c2cc(C)c(C)cc2C)n1. The molecule has 0 aliphatic carbocycles. The van der Waals surface area contributed by atoms with Crippen molar-refractivity contribution in [1.82, 2.24) is 9.97 Å². The zero-order valence-electron chi connectivity index (χ0n) is 11.0. The van der Waals surface area contributed by atoms with Gasteiger partial charge < -0.3 is 5.32 Å². The minimum Gasteiger partial charge on any atom is -0.357 e. The first-order valence-corrected chi connectivity index (χ1v) is 5.81. The molecule has 0 fully saturated rings. The monoisotopic (exact) mass is 245 g/mol. The van der Waals surface area contributed by atoms with E-state index in [9.17, 15) is 4.39 Å². The summed E-state index contributed by atoms with van der Waals surface area (Å²) in [6.07, 6.45) is 1.20. The number of aryl methyl sites for hydroxylation is 3. The molecule has 18 heavy (non-hydrogen) atoms. The minimum atomic E-state index is -0.402. The number of nitrogens with zero attached hydrogens (tertiary/aromatic N) is 2. The largest absolute Gasteiger partial charge is 0.357 e. The van der Waals surface area contributed by atoms with Crippen molar-refractivity contribution in [2.45, 2.75) is 20.8 Å². The van der Waals surface area contributed by atoms with Gasteiger partial charge in [-0.1, -0.05) is 6.07 Å². The van der Waals surface area contributed by atoms with E-state index in [1.807, 2.05) is 32.9 Å². The highest BCUT2D eigenvalue weighted by molar-refractivity contribution is 5.66. The molecule has 0 atom stereocenters. The molecule has 1 aromatic heterocycles. The van der Waals surface area contributed by atoms with E-state index in [0.717, 1.165) is 16.7 Å². The van der Waals surface area contributed by atoms with Crippen molar-refractivity contribution in [1.29, 1.82) is 0 Å². The molecule has 3 nitrogen and oxygen atoms in total. The molecule has 2 rings (SSSR count). The topological polar surface area (TPSA) is 37.8 Å². The molecule has 0 amide bonds. The first-order chi connectivity index (χ1) is 8.52. The molecular weight excluding hydrogens is 229 g/mol. The lowest BCUT2D eigenvalue weighted by molar-refractivity contribution is 0.618. The fraction of sp³-hybridized carbons (Fsp3) is 0.286. The molecule has 2 aromatic rings. The molecule has 1 N–H and O–H groups in total. The molecular formula is C14H16FN3. The molecule has 0 bridgehead atoms. The first kappa shape index (κ1) is 12.5. The van der Waals surface area contributed by atoms with Crippen molar-refractivity contribution in [3.05, 3.63) is 40.8 Å². The summed E-state index contributed by atoms with van der Waals surface area (Å²) in [5.41, 5.74) is 4.49. The second kappa shape index (κ2) is 4.72. The summed E-state index contributed by atoms with van der Waals surface area (Å²) >= 11 is 0. The maximum Gasteiger partial charge on any atom is 0.223 e. The third kappa shape index (κ3) is 2.18. The van der Waals surface area contributed by atoms with Gasteiger partial charge >= 0.3 is 0 Å². The van der Waals surface area contributed by atoms with Gasteiger partial charge in [0.15, 0.2) is 5.82 Å². The lowest BCUT2D eigenvalue weighted by Crippen LogP contribution is -2.01. The molecule has 94 valence electrons. The molecule has 0 saturated carbocycles. The number of aromatic nitrogens is 2. The van der Waals surface area contributed by atoms with Crippen LogP contribution in [0.3, 0.4) is 0 Å². The minimum absolute atomic E-state index is 0.343. The maximum atomic E-state index is 13.9. The van der Waals surface area contributed by atoms with E-state index in [0.29, 0.717) is 11.6 Å². The van der Waals surface area contributed by atoms with Crippen molar-refractivity contribution in [3.63, 3.8) is 0 Å². The summed E-state index contributed by atoms with van der Waals surface area (Å²) < 4.78 is 13.9. The lowest BCUT2D eigenvalue weighted by Gasteiger charge is -2.10. The van der Waals surface area contributed by atoms with Crippen LogP contribution < -0.4 is 5.32 Å². The summed E-state index contributed by atoms with van der Waals surface area (Å²) in [7, 11) is 1.71. The zero-order valence-corrected chi connectivity index (χ0v) is 11.0. The van der Waals surface area contributed by atoms with Gasteiger partial charge in [0.2, 0.25) is 5.95 Å². The lowest BCUT2D eigenvalue weighted by atomic mass is 9.98. The van der Waals surface area contributed by atoms with Crippen LogP contribution >= 0.6 is 0 Å². The van der Waals surface area contributed by atoms with Gasteiger partial charge in [-0.25, -0.2) is 14.4 Å². The van der Waals surface area contributed by atoms with Crippen LogP contribution in [0.4, 0.5) is 10.3 Å². The smallest absolute Gasteiger partial charge is 0.223 e. The van der Waals surface area contributed by atoms with Gasteiger partial charge in [0.1, 0.15) is 5.69 Å². The third-order valence-corrected chi connectivity index (χ3v) is 3.06. The van der Waals surface area contributed by atoms with E-state index in [1.54, 1.807) is 7.05 Å². The van der Waals surface area contributed by atoms with E-state index in [-0.39, 0.29) is 0 Å². The van der Waals surface area contributed by atoms with Gasteiger partial charge in [-0.15, -0.1) is 0 Å². The average Bonchev–Trinajstić information content (AvgIpc) is 2.35. The average molecular weight is 245 g/mol. The Bertz CT molecular complexity index is 594. The summed E-state index contributed by atoms with van der Waals surface area (Å²) in [6, 6.07) is 4.01. The molecule has 0 aliphatic heterocycles. The Morgan fingerprint density at radius 3 is 2.39 bits per heavy atom. The van der Waals surface area contributed by atoms with Gasteiger partial charge in [-0.2, -0.15) is 0 Å². The van der Waals surface area contributed by atoms with E-state index < -0.39 is 5.82 Å². The third-order valence-electron chi connectivity index (χ3n) is 3.06. The van der Waals surface area contributed by atoms with E-state index in [4.69, 9.17) is 0 Å². The Hall–Kier alpha value is -1.97. The fourth-order valence-corrected chi connectivity index (χ4v) is 1.89. The van der Waals surface area contributed by atoms with Gasteiger partial charge in [0.05, 0.1) is 6.20 Å². The Morgan fingerprint density at radius 1 is 1.06 bits per heavy atom. The molecule has 4 heteroatoms. The van der Waals surface area contributed by atoms with Gasteiger partial charge in [-0.05, 0) is 43.5 Å². The van der Waals surface area contributed by atoms with Gasteiger partial charge in [-0.3, -0.25) is 0 Å². The second-order valence-electron chi connectivity index (χ2n) is 4.39. The van der Waals surface area contributed by atoms with Gasteiger partial charge in [0, 0.05) is 12.6 Å².